The van der Waals surface area contributed by atoms with Gasteiger partial charge >= 0.3 is 6.03 Å². The van der Waals surface area contributed by atoms with E-state index in [9.17, 15) is 4.79 Å². The summed E-state index contributed by atoms with van der Waals surface area (Å²) in [6, 6.07) is 0.0914. The van der Waals surface area contributed by atoms with Gasteiger partial charge in [0.05, 0.1) is 0 Å². The average molecular weight is 196 g/mol. The van der Waals surface area contributed by atoms with Crippen LogP contribution in [-0.2, 0) is 0 Å². The van der Waals surface area contributed by atoms with E-state index >= 15 is 0 Å². The third-order valence-electron chi connectivity index (χ3n) is 2.52. The minimum absolute atomic E-state index is 0.0914. The van der Waals surface area contributed by atoms with Crippen molar-refractivity contribution in [1.82, 2.24) is 10.2 Å². The van der Waals surface area contributed by atoms with Gasteiger partial charge in [0.25, 0.3) is 0 Å². The summed E-state index contributed by atoms with van der Waals surface area (Å²) in [5, 5.41) is 2.90. The second kappa shape index (κ2) is 6.46. The number of likely N-dealkylation sites (tertiary alicyclic amines) is 1. The van der Waals surface area contributed by atoms with E-state index in [0.717, 1.165) is 32.4 Å². The summed E-state index contributed by atoms with van der Waals surface area (Å²) in [6.07, 6.45) is 7.49. The van der Waals surface area contributed by atoms with Crippen molar-refractivity contribution in [2.45, 2.75) is 32.1 Å². The molecule has 0 saturated carbocycles. The van der Waals surface area contributed by atoms with Crippen molar-refractivity contribution in [3.05, 3.63) is 12.7 Å². The Morgan fingerprint density at radius 3 is 2.50 bits per heavy atom. The first-order chi connectivity index (χ1) is 6.84. The molecule has 80 valence electrons. The minimum atomic E-state index is 0.0914. The molecule has 1 fully saturated rings. The largest absolute Gasteiger partial charge is 0.338 e. The fourth-order valence-corrected chi connectivity index (χ4v) is 1.67. The Bertz CT molecular complexity index is 184. The van der Waals surface area contributed by atoms with Gasteiger partial charge in [0.2, 0.25) is 0 Å². The number of rotatable bonds is 3. The molecule has 0 aromatic carbocycles. The molecule has 1 rings (SSSR count). The molecule has 1 saturated heterocycles. The molecule has 1 aliphatic heterocycles. The first kappa shape index (κ1) is 11.1. The quantitative estimate of drug-likeness (QED) is 0.544. The van der Waals surface area contributed by atoms with Crippen molar-refractivity contribution < 1.29 is 4.79 Å². The maximum absolute atomic E-state index is 11.6. The molecule has 3 nitrogen and oxygen atoms in total. The predicted molar refractivity (Wildman–Crippen MR) is 58.3 cm³/mol. The topological polar surface area (TPSA) is 32.3 Å². The van der Waals surface area contributed by atoms with E-state index in [0.29, 0.717) is 6.54 Å². The van der Waals surface area contributed by atoms with Crippen molar-refractivity contribution in [2.75, 3.05) is 19.6 Å². The molecule has 1 N–H and O–H groups in total. The van der Waals surface area contributed by atoms with Gasteiger partial charge in [0.1, 0.15) is 0 Å². The van der Waals surface area contributed by atoms with Crippen LogP contribution in [0.1, 0.15) is 32.1 Å². The van der Waals surface area contributed by atoms with Crippen molar-refractivity contribution >= 4 is 6.03 Å². The Morgan fingerprint density at radius 1 is 1.29 bits per heavy atom. The van der Waals surface area contributed by atoms with Crippen LogP contribution in [0.25, 0.3) is 0 Å². The number of amides is 2. The number of carbonyl (C=O) groups excluding carboxylic acids is 1. The first-order valence-electron chi connectivity index (χ1n) is 5.48. The van der Waals surface area contributed by atoms with Crippen molar-refractivity contribution in [1.29, 1.82) is 0 Å². The number of nitrogens with zero attached hydrogens (tertiary/aromatic N) is 1. The van der Waals surface area contributed by atoms with Gasteiger partial charge in [-0.25, -0.2) is 4.79 Å². The van der Waals surface area contributed by atoms with Crippen LogP contribution in [0.15, 0.2) is 12.7 Å². The van der Waals surface area contributed by atoms with Crippen LogP contribution in [0.4, 0.5) is 4.79 Å². The van der Waals surface area contributed by atoms with E-state index in [1.165, 1.54) is 12.8 Å². The Labute approximate surface area is 86.2 Å². The standard InChI is InChI=1S/C11H20N2O/c1-2-3-8-12-11(14)13-9-6-4-5-7-10-13/h2H,1,3-10H2,(H,12,14). The van der Waals surface area contributed by atoms with Gasteiger partial charge in [0.15, 0.2) is 0 Å². The molecule has 0 spiro atoms. The van der Waals surface area contributed by atoms with Gasteiger partial charge < -0.3 is 10.2 Å². The highest BCUT2D eigenvalue weighted by molar-refractivity contribution is 5.74. The molecule has 0 aromatic heterocycles. The van der Waals surface area contributed by atoms with Crippen LogP contribution >= 0.6 is 0 Å². The number of carbonyl (C=O) groups is 1. The molecular formula is C11H20N2O. The third kappa shape index (κ3) is 3.81. The molecular weight excluding hydrogens is 176 g/mol. The fourth-order valence-electron chi connectivity index (χ4n) is 1.67. The lowest BCUT2D eigenvalue weighted by Gasteiger charge is -2.20. The maximum atomic E-state index is 11.6. The van der Waals surface area contributed by atoms with E-state index < -0.39 is 0 Å². The molecule has 0 bridgehead atoms. The van der Waals surface area contributed by atoms with Crippen LogP contribution in [0.5, 0.6) is 0 Å². The zero-order valence-electron chi connectivity index (χ0n) is 8.80. The summed E-state index contributed by atoms with van der Waals surface area (Å²) < 4.78 is 0. The molecule has 0 radical (unpaired) electrons. The van der Waals surface area contributed by atoms with E-state index in [2.05, 4.69) is 11.9 Å². The van der Waals surface area contributed by atoms with Crippen LogP contribution in [-0.4, -0.2) is 30.6 Å². The highest BCUT2D eigenvalue weighted by atomic mass is 16.2. The lowest BCUT2D eigenvalue weighted by molar-refractivity contribution is 0.200. The van der Waals surface area contributed by atoms with Crippen molar-refractivity contribution in [3.63, 3.8) is 0 Å². The van der Waals surface area contributed by atoms with Gasteiger partial charge in [-0.05, 0) is 19.3 Å². The summed E-state index contributed by atoms with van der Waals surface area (Å²) in [6.45, 7) is 6.16. The number of hydrogen-bond donors (Lipinski definition) is 1. The molecule has 2 amide bonds. The SMILES string of the molecule is C=CCCNC(=O)N1CCCCCC1. The molecule has 14 heavy (non-hydrogen) atoms. The van der Waals surface area contributed by atoms with E-state index in [1.807, 2.05) is 11.0 Å². The maximum Gasteiger partial charge on any atom is 0.317 e. The summed E-state index contributed by atoms with van der Waals surface area (Å²) in [5.41, 5.74) is 0. The fraction of sp³-hybridized carbons (Fsp3) is 0.727. The second-order valence-electron chi connectivity index (χ2n) is 3.71. The Hall–Kier alpha value is -0.990. The van der Waals surface area contributed by atoms with Gasteiger partial charge in [-0.15, -0.1) is 6.58 Å². The molecule has 0 aromatic rings. The Balaban J connectivity index is 2.23. The lowest BCUT2D eigenvalue weighted by Crippen LogP contribution is -2.40. The summed E-state index contributed by atoms with van der Waals surface area (Å²) in [4.78, 5) is 13.5. The van der Waals surface area contributed by atoms with E-state index in [-0.39, 0.29) is 6.03 Å². The summed E-state index contributed by atoms with van der Waals surface area (Å²) >= 11 is 0. The van der Waals surface area contributed by atoms with Crippen LogP contribution < -0.4 is 5.32 Å². The Kier molecular flexibility index (Phi) is 5.12. The zero-order valence-corrected chi connectivity index (χ0v) is 8.80. The number of nitrogens with one attached hydrogen (secondary N) is 1. The second-order valence-corrected chi connectivity index (χ2v) is 3.71. The molecule has 0 atom stereocenters. The first-order valence-corrected chi connectivity index (χ1v) is 5.48. The molecule has 3 heteroatoms. The smallest absolute Gasteiger partial charge is 0.317 e. The normalized spacial score (nSPS) is 17.3. The molecule has 0 unspecified atom stereocenters. The Morgan fingerprint density at radius 2 is 1.93 bits per heavy atom. The van der Waals surface area contributed by atoms with Crippen molar-refractivity contribution in [3.8, 4) is 0 Å². The third-order valence-corrected chi connectivity index (χ3v) is 2.52. The highest BCUT2D eigenvalue weighted by Crippen LogP contribution is 2.09. The van der Waals surface area contributed by atoms with E-state index in [1.54, 1.807) is 0 Å². The van der Waals surface area contributed by atoms with Crippen LogP contribution in [0.2, 0.25) is 0 Å². The predicted octanol–water partition coefficient (Wildman–Crippen LogP) is 2.15. The molecule has 1 heterocycles. The van der Waals surface area contributed by atoms with E-state index in [4.69, 9.17) is 0 Å². The molecule has 1 aliphatic rings. The van der Waals surface area contributed by atoms with Gasteiger partial charge in [-0.3, -0.25) is 0 Å². The highest BCUT2D eigenvalue weighted by Gasteiger charge is 2.13. The minimum Gasteiger partial charge on any atom is -0.338 e. The zero-order chi connectivity index (χ0) is 10.2. The average Bonchev–Trinajstić information content (AvgIpc) is 2.46. The number of urea groups is 1. The van der Waals surface area contributed by atoms with Crippen LogP contribution in [0, 0.1) is 0 Å². The van der Waals surface area contributed by atoms with Gasteiger partial charge in [-0.1, -0.05) is 18.9 Å². The van der Waals surface area contributed by atoms with Gasteiger partial charge in [-0.2, -0.15) is 0 Å². The van der Waals surface area contributed by atoms with Crippen molar-refractivity contribution in [2.24, 2.45) is 0 Å². The monoisotopic (exact) mass is 196 g/mol. The summed E-state index contributed by atoms with van der Waals surface area (Å²) in [7, 11) is 0. The van der Waals surface area contributed by atoms with Gasteiger partial charge in [0, 0.05) is 19.6 Å². The molecule has 0 aliphatic carbocycles. The number of hydrogen-bond acceptors (Lipinski definition) is 1. The lowest BCUT2D eigenvalue weighted by atomic mass is 10.2. The summed E-state index contributed by atoms with van der Waals surface area (Å²) in [5.74, 6) is 0. The van der Waals surface area contributed by atoms with Crippen LogP contribution in [0.3, 0.4) is 0 Å².